The van der Waals surface area contributed by atoms with E-state index in [-0.39, 0.29) is 0 Å². The van der Waals surface area contributed by atoms with Gasteiger partial charge in [0.15, 0.2) is 0 Å². The number of ether oxygens (including phenoxy) is 1. The summed E-state index contributed by atoms with van der Waals surface area (Å²) >= 11 is 0. The van der Waals surface area contributed by atoms with Crippen LogP contribution in [0.25, 0.3) is 0 Å². The third kappa shape index (κ3) is 6.03. The molecule has 2 rings (SSSR count). The molecule has 0 unspecified atom stereocenters. The van der Waals surface area contributed by atoms with E-state index in [0.29, 0.717) is 0 Å². The number of hydrogen-bond donors (Lipinski definition) is 1. The Morgan fingerprint density at radius 3 is 2.44 bits per heavy atom. The second-order valence-electron chi connectivity index (χ2n) is 4.11. The van der Waals surface area contributed by atoms with Crippen LogP contribution in [0.1, 0.15) is 20.3 Å². The zero-order chi connectivity index (χ0) is 13.1. The molecule has 1 N–H and O–H groups in total. The summed E-state index contributed by atoms with van der Waals surface area (Å²) in [5, 5.41) is 3.36. The molecule has 0 aliphatic carbocycles. The van der Waals surface area contributed by atoms with Crippen molar-refractivity contribution < 1.29 is 4.74 Å². The zero-order valence-electron chi connectivity index (χ0n) is 11.7. The molecule has 1 aromatic carbocycles. The van der Waals surface area contributed by atoms with E-state index in [1.54, 1.807) is 0 Å². The number of benzene rings is 1. The average molecular weight is 250 g/mol. The van der Waals surface area contributed by atoms with Gasteiger partial charge in [-0.25, -0.2) is 0 Å². The monoisotopic (exact) mass is 250 g/mol. The maximum Gasteiger partial charge on any atom is 0.119 e. The molecule has 102 valence electrons. The van der Waals surface area contributed by atoms with Crippen LogP contribution in [-0.4, -0.2) is 44.2 Å². The minimum absolute atomic E-state index is 0.813. The molecular formula is C15H26N2O. The van der Waals surface area contributed by atoms with Crippen molar-refractivity contribution in [3.8, 4) is 5.75 Å². The summed E-state index contributed by atoms with van der Waals surface area (Å²) in [5.74, 6) is 0.975. The van der Waals surface area contributed by atoms with Crippen LogP contribution in [0.15, 0.2) is 30.3 Å². The highest BCUT2D eigenvalue weighted by atomic mass is 16.5. The van der Waals surface area contributed by atoms with Gasteiger partial charge in [-0.1, -0.05) is 32.0 Å². The van der Waals surface area contributed by atoms with Crippen molar-refractivity contribution in [1.82, 2.24) is 10.2 Å². The van der Waals surface area contributed by atoms with Gasteiger partial charge in [-0.15, -0.1) is 0 Å². The van der Waals surface area contributed by atoms with E-state index < -0.39 is 0 Å². The first-order chi connectivity index (χ1) is 8.95. The van der Waals surface area contributed by atoms with Crippen molar-refractivity contribution in [2.24, 2.45) is 0 Å². The van der Waals surface area contributed by atoms with Gasteiger partial charge in [0, 0.05) is 32.7 Å². The molecule has 0 atom stereocenters. The fraction of sp³-hybridized carbons (Fsp3) is 0.600. The number of hydrogen-bond acceptors (Lipinski definition) is 3. The van der Waals surface area contributed by atoms with Crippen LogP contribution in [0, 0.1) is 0 Å². The average Bonchev–Trinajstić information content (AvgIpc) is 2.48. The Bertz CT molecular complexity index is 284. The van der Waals surface area contributed by atoms with Crippen LogP contribution in [0.2, 0.25) is 0 Å². The molecule has 3 nitrogen and oxygen atoms in total. The predicted molar refractivity (Wildman–Crippen MR) is 77.2 cm³/mol. The second kappa shape index (κ2) is 9.92. The van der Waals surface area contributed by atoms with Crippen molar-refractivity contribution in [2.45, 2.75) is 20.3 Å². The van der Waals surface area contributed by atoms with Crippen molar-refractivity contribution >= 4 is 0 Å². The molecule has 0 saturated carbocycles. The summed E-state index contributed by atoms with van der Waals surface area (Å²) in [7, 11) is 0. The lowest BCUT2D eigenvalue weighted by molar-refractivity contribution is 0.214. The molecule has 0 bridgehead atoms. The van der Waals surface area contributed by atoms with Gasteiger partial charge >= 0.3 is 0 Å². The highest BCUT2D eigenvalue weighted by molar-refractivity contribution is 5.20. The third-order valence-corrected chi connectivity index (χ3v) is 2.84. The maximum atomic E-state index is 5.65. The molecular weight excluding hydrogens is 224 g/mol. The van der Waals surface area contributed by atoms with Gasteiger partial charge in [0.1, 0.15) is 5.75 Å². The molecule has 1 aliphatic rings. The Hall–Kier alpha value is -1.06. The fourth-order valence-electron chi connectivity index (χ4n) is 1.93. The smallest absolute Gasteiger partial charge is 0.119 e. The third-order valence-electron chi connectivity index (χ3n) is 2.84. The Morgan fingerprint density at radius 1 is 1.11 bits per heavy atom. The van der Waals surface area contributed by atoms with Gasteiger partial charge in [-0.3, -0.25) is 0 Å². The highest BCUT2D eigenvalue weighted by Crippen LogP contribution is 2.08. The normalized spacial score (nSPS) is 15.7. The molecule has 0 amide bonds. The molecule has 1 aliphatic heterocycles. The number of nitrogens with one attached hydrogen (secondary N) is 1. The van der Waals surface area contributed by atoms with Gasteiger partial charge in [0.05, 0.1) is 6.61 Å². The van der Waals surface area contributed by atoms with Crippen LogP contribution >= 0.6 is 0 Å². The van der Waals surface area contributed by atoms with Gasteiger partial charge < -0.3 is 15.0 Å². The molecule has 1 saturated heterocycles. The van der Waals surface area contributed by atoms with E-state index in [0.717, 1.165) is 38.4 Å². The topological polar surface area (TPSA) is 24.5 Å². The van der Waals surface area contributed by atoms with E-state index in [2.05, 4.69) is 10.2 Å². The van der Waals surface area contributed by atoms with E-state index >= 15 is 0 Å². The fourth-order valence-corrected chi connectivity index (χ4v) is 1.93. The highest BCUT2D eigenvalue weighted by Gasteiger charge is 2.08. The Morgan fingerprint density at radius 2 is 1.78 bits per heavy atom. The van der Waals surface area contributed by atoms with E-state index in [9.17, 15) is 0 Å². The molecule has 18 heavy (non-hydrogen) atoms. The first-order valence-corrected chi connectivity index (χ1v) is 7.06. The van der Waals surface area contributed by atoms with Crippen LogP contribution in [0.3, 0.4) is 0 Å². The molecule has 1 aromatic rings. The maximum absolute atomic E-state index is 5.65. The molecule has 3 heteroatoms. The van der Waals surface area contributed by atoms with Crippen LogP contribution in [0.4, 0.5) is 0 Å². The van der Waals surface area contributed by atoms with Crippen molar-refractivity contribution in [3.63, 3.8) is 0 Å². The Balaban J connectivity index is 0.000000771. The summed E-state index contributed by atoms with van der Waals surface area (Å²) in [6, 6.07) is 10.0. The largest absolute Gasteiger partial charge is 0.494 e. The summed E-state index contributed by atoms with van der Waals surface area (Å²) in [5.41, 5.74) is 0. The molecule has 1 fully saturated rings. The van der Waals surface area contributed by atoms with Gasteiger partial charge in [0.2, 0.25) is 0 Å². The summed E-state index contributed by atoms with van der Waals surface area (Å²) in [6.45, 7) is 10.6. The molecule has 1 heterocycles. The number of nitrogens with zero attached hydrogens (tertiary/aromatic N) is 1. The van der Waals surface area contributed by atoms with Crippen molar-refractivity contribution in [1.29, 1.82) is 0 Å². The van der Waals surface area contributed by atoms with Crippen LogP contribution in [-0.2, 0) is 0 Å². The minimum Gasteiger partial charge on any atom is -0.494 e. The summed E-state index contributed by atoms with van der Waals surface area (Å²) in [4.78, 5) is 2.49. The lowest BCUT2D eigenvalue weighted by atomic mass is 10.3. The summed E-state index contributed by atoms with van der Waals surface area (Å²) in [6.07, 6.45) is 1.11. The number of rotatable bonds is 5. The first kappa shape index (κ1) is 15.0. The summed E-state index contributed by atoms with van der Waals surface area (Å²) < 4.78 is 5.65. The van der Waals surface area contributed by atoms with E-state index in [1.807, 2.05) is 44.2 Å². The SMILES string of the molecule is CC.c1ccc(OCCCN2CCNCC2)cc1. The Kier molecular flexibility index (Phi) is 8.26. The number of piperazine rings is 1. The predicted octanol–water partition coefficient (Wildman–Crippen LogP) is 2.39. The lowest BCUT2D eigenvalue weighted by Gasteiger charge is -2.26. The standard InChI is InChI=1S/C13H20N2O.C2H6/c1-2-5-13(6-3-1)16-12-4-9-15-10-7-14-8-11-15;1-2/h1-3,5-6,14H,4,7-12H2;1-2H3. The molecule has 0 spiro atoms. The minimum atomic E-state index is 0.813. The molecule has 0 radical (unpaired) electrons. The van der Waals surface area contributed by atoms with Crippen LogP contribution in [0.5, 0.6) is 5.75 Å². The van der Waals surface area contributed by atoms with Crippen molar-refractivity contribution in [2.75, 3.05) is 39.3 Å². The van der Waals surface area contributed by atoms with Gasteiger partial charge in [-0.05, 0) is 18.6 Å². The quantitative estimate of drug-likeness (QED) is 0.812. The van der Waals surface area contributed by atoms with E-state index in [1.165, 1.54) is 13.1 Å². The van der Waals surface area contributed by atoms with Crippen LogP contribution < -0.4 is 10.1 Å². The lowest BCUT2D eigenvalue weighted by Crippen LogP contribution is -2.43. The van der Waals surface area contributed by atoms with Gasteiger partial charge in [0.25, 0.3) is 0 Å². The molecule has 0 aromatic heterocycles. The number of para-hydroxylation sites is 1. The Labute approximate surface area is 111 Å². The first-order valence-electron chi connectivity index (χ1n) is 7.06. The second-order valence-corrected chi connectivity index (χ2v) is 4.11. The van der Waals surface area contributed by atoms with E-state index in [4.69, 9.17) is 4.74 Å². The van der Waals surface area contributed by atoms with Crippen molar-refractivity contribution in [3.05, 3.63) is 30.3 Å². The van der Waals surface area contributed by atoms with Gasteiger partial charge in [-0.2, -0.15) is 0 Å². The zero-order valence-corrected chi connectivity index (χ0v) is 11.7.